The molecule has 1 aromatic rings. The third kappa shape index (κ3) is 1.59. The second-order valence-electron chi connectivity index (χ2n) is 3.55. The number of carbonyl (C=O) groups is 1. The van der Waals surface area contributed by atoms with Crippen molar-refractivity contribution in [2.45, 2.75) is 25.8 Å². The fraction of sp³-hybridized carbons (Fsp3) is 0.500. The van der Waals surface area contributed by atoms with Crippen molar-refractivity contribution >= 4 is 5.91 Å². The van der Waals surface area contributed by atoms with Crippen LogP contribution in [0, 0.1) is 5.92 Å². The molecule has 1 aliphatic heterocycles. The van der Waals surface area contributed by atoms with Crippen molar-refractivity contribution in [1.82, 2.24) is 5.32 Å². The van der Waals surface area contributed by atoms with E-state index in [0.29, 0.717) is 0 Å². The van der Waals surface area contributed by atoms with Gasteiger partial charge >= 0.3 is 0 Å². The molecule has 1 aliphatic rings. The topological polar surface area (TPSA) is 42.2 Å². The van der Waals surface area contributed by atoms with E-state index >= 15 is 0 Å². The molecule has 0 radical (unpaired) electrons. The number of piperidine rings is 1. The molecule has 13 heavy (non-hydrogen) atoms. The number of hydrogen-bond acceptors (Lipinski definition) is 2. The van der Waals surface area contributed by atoms with E-state index in [1.165, 1.54) is 0 Å². The van der Waals surface area contributed by atoms with E-state index in [1.54, 1.807) is 6.26 Å². The number of hydrogen-bond donors (Lipinski definition) is 1. The van der Waals surface area contributed by atoms with E-state index in [2.05, 4.69) is 5.32 Å². The summed E-state index contributed by atoms with van der Waals surface area (Å²) in [5.74, 6) is 1.14. The van der Waals surface area contributed by atoms with Crippen LogP contribution in [0.5, 0.6) is 0 Å². The van der Waals surface area contributed by atoms with Crippen molar-refractivity contribution in [2.75, 3.05) is 0 Å². The van der Waals surface area contributed by atoms with Gasteiger partial charge in [0.1, 0.15) is 5.76 Å². The number of amides is 1. The van der Waals surface area contributed by atoms with Gasteiger partial charge < -0.3 is 9.73 Å². The lowest BCUT2D eigenvalue weighted by molar-refractivity contribution is -0.127. The summed E-state index contributed by atoms with van der Waals surface area (Å²) in [5, 5.41) is 2.94. The molecule has 2 atom stereocenters. The SMILES string of the molecule is C[C@H]1CC[C@H](c2ccco2)NC1=O. The van der Waals surface area contributed by atoms with Crippen LogP contribution in [0.4, 0.5) is 0 Å². The summed E-state index contributed by atoms with van der Waals surface area (Å²) in [6, 6.07) is 3.83. The number of furan rings is 1. The van der Waals surface area contributed by atoms with Crippen LogP contribution in [-0.4, -0.2) is 5.91 Å². The minimum atomic E-state index is 0.0821. The van der Waals surface area contributed by atoms with E-state index in [4.69, 9.17) is 4.42 Å². The minimum absolute atomic E-state index is 0.0821. The summed E-state index contributed by atoms with van der Waals surface area (Å²) in [4.78, 5) is 11.3. The lowest BCUT2D eigenvalue weighted by atomic mass is 9.94. The molecule has 0 saturated carbocycles. The van der Waals surface area contributed by atoms with Crippen LogP contribution < -0.4 is 5.32 Å². The molecule has 0 bridgehead atoms. The van der Waals surface area contributed by atoms with Crippen LogP contribution in [-0.2, 0) is 4.79 Å². The average Bonchev–Trinajstić information content (AvgIpc) is 2.62. The predicted molar refractivity (Wildman–Crippen MR) is 48.0 cm³/mol. The Labute approximate surface area is 77.1 Å². The van der Waals surface area contributed by atoms with E-state index < -0.39 is 0 Å². The van der Waals surface area contributed by atoms with E-state index in [-0.39, 0.29) is 17.9 Å². The fourth-order valence-corrected chi connectivity index (χ4v) is 1.64. The lowest BCUT2D eigenvalue weighted by Crippen LogP contribution is -2.37. The highest BCUT2D eigenvalue weighted by Crippen LogP contribution is 2.26. The molecule has 70 valence electrons. The van der Waals surface area contributed by atoms with Crippen molar-refractivity contribution < 1.29 is 9.21 Å². The van der Waals surface area contributed by atoms with Gasteiger partial charge in [-0.2, -0.15) is 0 Å². The molecule has 1 fully saturated rings. The maximum atomic E-state index is 11.3. The Hall–Kier alpha value is -1.25. The molecule has 1 saturated heterocycles. The van der Waals surface area contributed by atoms with Crippen LogP contribution in [0.3, 0.4) is 0 Å². The van der Waals surface area contributed by atoms with Crippen LogP contribution >= 0.6 is 0 Å². The van der Waals surface area contributed by atoms with Crippen LogP contribution in [0.1, 0.15) is 31.6 Å². The summed E-state index contributed by atoms with van der Waals surface area (Å²) in [7, 11) is 0. The zero-order chi connectivity index (χ0) is 9.26. The van der Waals surface area contributed by atoms with Gasteiger partial charge in [0.25, 0.3) is 0 Å². The molecule has 1 N–H and O–H groups in total. The molecule has 3 heteroatoms. The number of rotatable bonds is 1. The largest absolute Gasteiger partial charge is 0.467 e. The molecule has 0 aromatic carbocycles. The minimum Gasteiger partial charge on any atom is -0.467 e. The van der Waals surface area contributed by atoms with Gasteiger partial charge in [-0.1, -0.05) is 6.92 Å². The molecular formula is C10H13NO2. The monoisotopic (exact) mass is 179 g/mol. The fourth-order valence-electron chi connectivity index (χ4n) is 1.64. The van der Waals surface area contributed by atoms with E-state index in [9.17, 15) is 4.79 Å². The summed E-state index contributed by atoms with van der Waals surface area (Å²) in [5.41, 5.74) is 0. The average molecular weight is 179 g/mol. The van der Waals surface area contributed by atoms with Gasteiger partial charge in [0, 0.05) is 5.92 Å². The summed E-state index contributed by atoms with van der Waals surface area (Å²) < 4.78 is 5.24. The quantitative estimate of drug-likeness (QED) is 0.715. The first-order valence-electron chi connectivity index (χ1n) is 4.61. The molecule has 2 rings (SSSR count). The highest BCUT2D eigenvalue weighted by molar-refractivity contribution is 5.79. The summed E-state index contributed by atoms with van der Waals surface area (Å²) >= 11 is 0. The Kier molecular flexibility index (Phi) is 2.08. The Morgan fingerprint density at radius 2 is 2.38 bits per heavy atom. The highest BCUT2D eigenvalue weighted by Gasteiger charge is 2.26. The number of nitrogens with one attached hydrogen (secondary N) is 1. The van der Waals surface area contributed by atoms with Crippen molar-refractivity contribution in [2.24, 2.45) is 5.92 Å². The molecule has 0 spiro atoms. The van der Waals surface area contributed by atoms with Gasteiger partial charge in [0.15, 0.2) is 0 Å². The molecule has 1 amide bonds. The molecular weight excluding hydrogens is 166 g/mol. The smallest absolute Gasteiger partial charge is 0.223 e. The van der Waals surface area contributed by atoms with Gasteiger partial charge in [-0.05, 0) is 25.0 Å². The predicted octanol–water partition coefficient (Wildman–Crippen LogP) is 1.87. The molecule has 0 unspecified atom stereocenters. The van der Waals surface area contributed by atoms with Gasteiger partial charge in [0.05, 0.1) is 12.3 Å². The normalized spacial score (nSPS) is 28.5. The van der Waals surface area contributed by atoms with E-state index in [1.807, 2.05) is 19.1 Å². The maximum absolute atomic E-state index is 11.3. The van der Waals surface area contributed by atoms with Crippen molar-refractivity contribution in [3.8, 4) is 0 Å². The third-order valence-corrected chi connectivity index (χ3v) is 2.54. The van der Waals surface area contributed by atoms with Gasteiger partial charge in [-0.3, -0.25) is 4.79 Å². The Balaban J connectivity index is 2.08. The van der Waals surface area contributed by atoms with Crippen LogP contribution in [0.2, 0.25) is 0 Å². The Bertz CT molecular complexity index is 292. The standard InChI is InChI=1S/C10H13NO2/c1-7-4-5-8(11-10(7)12)9-3-2-6-13-9/h2-3,6-8H,4-5H2,1H3,(H,11,12)/t7-,8+/m0/s1. The van der Waals surface area contributed by atoms with Crippen molar-refractivity contribution in [3.05, 3.63) is 24.2 Å². The summed E-state index contributed by atoms with van der Waals surface area (Å²) in [6.07, 6.45) is 3.55. The van der Waals surface area contributed by atoms with Gasteiger partial charge in [-0.25, -0.2) is 0 Å². The first kappa shape index (κ1) is 8.35. The van der Waals surface area contributed by atoms with Gasteiger partial charge in [-0.15, -0.1) is 0 Å². The third-order valence-electron chi connectivity index (χ3n) is 2.54. The molecule has 0 aliphatic carbocycles. The molecule has 1 aromatic heterocycles. The molecule has 2 heterocycles. The van der Waals surface area contributed by atoms with Crippen LogP contribution in [0.25, 0.3) is 0 Å². The first-order valence-corrected chi connectivity index (χ1v) is 4.61. The second kappa shape index (κ2) is 3.24. The second-order valence-corrected chi connectivity index (χ2v) is 3.55. The maximum Gasteiger partial charge on any atom is 0.223 e. The lowest BCUT2D eigenvalue weighted by Gasteiger charge is -2.25. The number of carbonyl (C=O) groups excluding carboxylic acids is 1. The van der Waals surface area contributed by atoms with Crippen LogP contribution in [0.15, 0.2) is 22.8 Å². The molecule has 3 nitrogen and oxygen atoms in total. The Morgan fingerprint density at radius 1 is 1.54 bits per heavy atom. The zero-order valence-electron chi connectivity index (χ0n) is 7.62. The summed E-state index contributed by atoms with van der Waals surface area (Å²) in [6.45, 7) is 1.95. The zero-order valence-corrected chi connectivity index (χ0v) is 7.62. The van der Waals surface area contributed by atoms with Crippen molar-refractivity contribution in [1.29, 1.82) is 0 Å². The Morgan fingerprint density at radius 3 is 3.00 bits per heavy atom. The van der Waals surface area contributed by atoms with Gasteiger partial charge in [0.2, 0.25) is 5.91 Å². The first-order chi connectivity index (χ1) is 6.27. The van der Waals surface area contributed by atoms with E-state index in [0.717, 1.165) is 18.6 Å². The highest BCUT2D eigenvalue weighted by atomic mass is 16.3. The van der Waals surface area contributed by atoms with Crippen molar-refractivity contribution in [3.63, 3.8) is 0 Å².